The third-order valence-electron chi connectivity index (χ3n) is 2.94. The smallest absolute Gasteiger partial charge is 0.0833 e. The summed E-state index contributed by atoms with van der Waals surface area (Å²) in [6, 6.07) is 0.851. The molecule has 1 rings (SSSR count). The molecule has 0 radical (unpaired) electrons. The maximum absolute atomic E-state index is 10.00. The molecular weight excluding hydrogens is 208 g/mol. The Balaban J connectivity index is 2.23. The summed E-state index contributed by atoms with van der Waals surface area (Å²) in [5, 5.41) is 13.4. The summed E-state index contributed by atoms with van der Waals surface area (Å²) in [5.74, 6) is 0.777. The van der Waals surface area contributed by atoms with Gasteiger partial charge in [0.15, 0.2) is 0 Å². The van der Waals surface area contributed by atoms with Crippen LogP contribution in [0.4, 0.5) is 0 Å². The summed E-state index contributed by atoms with van der Waals surface area (Å²) in [7, 11) is 0. The monoisotopic (exact) mass is 232 g/mol. The molecule has 1 fully saturated rings. The molecule has 1 aliphatic rings. The number of nitrogens with two attached hydrogens (primary N) is 1. The van der Waals surface area contributed by atoms with Crippen molar-refractivity contribution in [2.24, 2.45) is 5.73 Å². The summed E-state index contributed by atoms with van der Waals surface area (Å²) < 4.78 is 0. The third-order valence-corrected chi connectivity index (χ3v) is 3.85. The van der Waals surface area contributed by atoms with Crippen molar-refractivity contribution in [2.75, 3.05) is 18.6 Å². The van der Waals surface area contributed by atoms with Gasteiger partial charge in [-0.1, -0.05) is 6.42 Å². The molecule has 0 heterocycles. The molecule has 0 bridgehead atoms. The highest BCUT2D eigenvalue weighted by molar-refractivity contribution is 7.98. The fourth-order valence-electron chi connectivity index (χ4n) is 2.14. The van der Waals surface area contributed by atoms with E-state index >= 15 is 0 Å². The van der Waals surface area contributed by atoms with Crippen LogP contribution in [0.3, 0.4) is 0 Å². The van der Waals surface area contributed by atoms with Crippen LogP contribution >= 0.6 is 11.8 Å². The largest absolute Gasteiger partial charge is 0.388 e. The number of aliphatic hydroxyl groups is 1. The SMILES string of the molecule is CSCC(C)(O)CNC1CCCC(N)C1. The van der Waals surface area contributed by atoms with Crippen molar-refractivity contribution in [1.29, 1.82) is 0 Å². The van der Waals surface area contributed by atoms with Gasteiger partial charge in [0.1, 0.15) is 0 Å². The number of hydrogen-bond acceptors (Lipinski definition) is 4. The molecule has 0 spiro atoms. The van der Waals surface area contributed by atoms with Gasteiger partial charge in [-0.05, 0) is 32.4 Å². The van der Waals surface area contributed by atoms with E-state index < -0.39 is 5.60 Å². The predicted molar refractivity (Wildman–Crippen MR) is 67.2 cm³/mol. The first-order valence-corrected chi connectivity index (χ1v) is 7.13. The average Bonchev–Trinajstić information content (AvgIpc) is 2.15. The molecule has 4 heteroatoms. The van der Waals surface area contributed by atoms with Crippen LogP contribution < -0.4 is 11.1 Å². The van der Waals surface area contributed by atoms with E-state index in [1.165, 1.54) is 12.8 Å². The number of rotatable bonds is 5. The molecule has 1 aliphatic carbocycles. The Morgan fingerprint density at radius 2 is 2.27 bits per heavy atom. The molecule has 0 aromatic rings. The molecule has 0 aliphatic heterocycles. The lowest BCUT2D eigenvalue weighted by molar-refractivity contribution is 0.0790. The Bertz CT molecular complexity index is 187. The van der Waals surface area contributed by atoms with Gasteiger partial charge in [-0.25, -0.2) is 0 Å². The fourth-order valence-corrected chi connectivity index (χ4v) is 2.86. The molecule has 3 nitrogen and oxygen atoms in total. The van der Waals surface area contributed by atoms with Crippen molar-refractivity contribution in [3.05, 3.63) is 0 Å². The van der Waals surface area contributed by atoms with Gasteiger partial charge in [-0.15, -0.1) is 0 Å². The van der Waals surface area contributed by atoms with Crippen LogP contribution in [-0.4, -0.2) is 41.3 Å². The zero-order chi connectivity index (χ0) is 11.3. The second-order valence-electron chi connectivity index (χ2n) is 4.93. The van der Waals surface area contributed by atoms with Crippen molar-refractivity contribution in [3.8, 4) is 0 Å². The molecule has 3 unspecified atom stereocenters. The van der Waals surface area contributed by atoms with Crippen LogP contribution in [-0.2, 0) is 0 Å². The second-order valence-corrected chi connectivity index (χ2v) is 5.80. The second kappa shape index (κ2) is 6.09. The standard InChI is InChI=1S/C11H24N2OS/c1-11(14,8-15-2)7-13-10-5-3-4-9(12)6-10/h9-10,13-14H,3-8,12H2,1-2H3. The molecule has 0 saturated heterocycles. The van der Waals surface area contributed by atoms with E-state index in [0.29, 0.717) is 18.6 Å². The van der Waals surface area contributed by atoms with E-state index in [9.17, 15) is 5.11 Å². The lowest BCUT2D eigenvalue weighted by Crippen LogP contribution is -2.47. The normalized spacial score (nSPS) is 31.2. The Labute approximate surface area is 97.2 Å². The Kier molecular flexibility index (Phi) is 5.39. The Hall–Kier alpha value is 0.230. The van der Waals surface area contributed by atoms with Gasteiger partial charge >= 0.3 is 0 Å². The summed E-state index contributed by atoms with van der Waals surface area (Å²) in [6.07, 6.45) is 6.63. The minimum absolute atomic E-state index is 0.349. The van der Waals surface area contributed by atoms with E-state index in [4.69, 9.17) is 5.73 Å². The predicted octanol–water partition coefficient (Wildman–Crippen LogP) is 0.960. The minimum Gasteiger partial charge on any atom is -0.388 e. The van der Waals surface area contributed by atoms with Gasteiger partial charge in [0.25, 0.3) is 0 Å². The van der Waals surface area contributed by atoms with Crippen LogP contribution in [0.15, 0.2) is 0 Å². The minimum atomic E-state index is -0.596. The van der Waals surface area contributed by atoms with E-state index in [-0.39, 0.29) is 0 Å². The molecule has 1 saturated carbocycles. The van der Waals surface area contributed by atoms with E-state index in [0.717, 1.165) is 18.6 Å². The third kappa shape index (κ3) is 5.20. The van der Waals surface area contributed by atoms with Gasteiger partial charge < -0.3 is 16.2 Å². The molecule has 0 amide bonds. The molecule has 4 N–H and O–H groups in total. The molecule has 3 atom stereocenters. The highest BCUT2D eigenvalue weighted by Crippen LogP contribution is 2.18. The van der Waals surface area contributed by atoms with Crippen LogP contribution in [0.1, 0.15) is 32.6 Å². The van der Waals surface area contributed by atoms with Crippen molar-refractivity contribution in [1.82, 2.24) is 5.32 Å². The molecule has 0 aromatic carbocycles. The zero-order valence-electron chi connectivity index (χ0n) is 9.83. The van der Waals surface area contributed by atoms with Crippen LogP contribution in [0.2, 0.25) is 0 Å². The quantitative estimate of drug-likeness (QED) is 0.661. The van der Waals surface area contributed by atoms with Crippen molar-refractivity contribution >= 4 is 11.8 Å². The maximum atomic E-state index is 10.00. The average molecular weight is 232 g/mol. The first kappa shape index (κ1) is 13.3. The Morgan fingerprint density at radius 1 is 1.53 bits per heavy atom. The van der Waals surface area contributed by atoms with Crippen LogP contribution in [0, 0.1) is 0 Å². The molecule has 15 heavy (non-hydrogen) atoms. The van der Waals surface area contributed by atoms with Crippen LogP contribution in [0.25, 0.3) is 0 Å². The van der Waals surface area contributed by atoms with E-state index in [2.05, 4.69) is 5.32 Å². The number of hydrogen-bond donors (Lipinski definition) is 3. The summed E-state index contributed by atoms with van der Waals surface area (Å²) in [4.78, 5) is 0. The van der Waals surface area contributed by atoms with E-state index in [1.807, 2.05) is 13.2 Å². The topological polar surface area (TPSA) is 58.3 Å². The fraction of sp³-hybridized carbons (Fsp3) is 1.00. The summed E-state index contributed by atoms with van der Waals surface area (Å²) in [6.45, 7) is 2.56. The molecule has 0 aromatic heterocycles. The van der Waals surface area contributed by atoms with Crippen molar-refractivity contribution in [2.45, 2.75) is 50.3 Å². The highest BCUT2D eigenvalue weighted by atomic mass is 32.2. The van der Waals surface area contributed by atoms with Gasteiger partial charge in [-0.3, -0.25) is 0 Å². The van der Waals surface area contributed by atoms with Gasteiger partial charge in [0.05, 0.1) is 5.60 Å². The highest BCUT2D eigenvalue weighted by Gasteiger charge is 2.23. The van der Waals surface area contributed by atoms with Crippen molar-refractivity contribution in [3.63, 3.8) is 0 Å². The number of nitrogens with one attached hydrogen (secondary N) is 1. The van der Waals surface area contributed by atoms with Crippen LogP contribution in [0.5, 0.6) is 0 Å². The lowest BCUT2D eigenvalue weighted by Gasteiger charge is -2.31. The van der Waals surface area contributed by atoms with Crippen molar-refractivity contribution < 1.29 is 5.11 Å². The van der Waals surface area contributed by atoms with Gasteiger partial charge in [0.2, 0.25) is 0 Å². The molecule has 90 valence electrons. The first-order chi connectivity index (χ1) is 7.03. The van der Waals surface area contributed by atoms with Gasteiger partial charge in [-0.2, -0.15) is 11.8 Å². The maximum Gasteiger partial charge on any atom is 0.0833 e. The van der Waals surface area contributed by atoms with Gasteiger partial charge in [0, 0.05) is 24.4 Å². The summed E-state index contributed by atoms with van der Waals surface area (Å²) in [5.41, 5.74) is 5.32. The molecular formula is C11H24N2OS. The first-order valence-electron chi connectivity index (χ1n) is 5.74. The lowest BCUT2D eigenvalue weighted by atomic mass is 9.91. The Morgan fingerprint density at radius 3 is 2.87 bits per heavy atom. The van der Waals surface area contributed by atoms with E-state index in [1.54, 1.807) is 11.8 Å². The zero-order valence-corrected chi connectivity index (χ0v) is 10.6. The number of thioether (sulfide) groups is 1. The summed E-state index contributed by atoms with van der Waals surface area (Å²) >= 11 is 1.68.